The molecule has 40 heavy (non-hydrogen) atoms. The fourth-order valence-corrected chi connectivity index (χ4v) is 4.99. The van der Waals surface area contributed by atoms with Gasteiger partial charge < -0.3 is 20.9 Å². The number of carbonyl (C=O) groups excluding carboxylic acids is 2. The molecule has 0 spiro atoms. The molecule has 11 heteroatoms. The summed E-state index contributed by atoms with van der Waals surface area (Å²) in [6.07, 6.45) is 2.25. The number of aliphatic imine (C=N–C) groups is 1. The third kappa shape index (κ3) is 6.20. The van der Waals surface area contributed by atoms with Crippen LogP contribution in [0.25, 0.3) is 17.2 Å². The van der Waals surface area contributed by atoms with Gasteiger partial charge in [-0.05, 0) is 65.7 Å². The Bertz CT molecular complexity index is 1570. The summed E-state index contributed by atoms with van der Waals surface area (Å²) in [5, 5.41) is 12.4. The molecule has 1 heterocycles. The van der Waals surface area contributed by atoms with Gasteiger partial charge in [-0.1, -0.05) is 37.6 Å². The number of hydrogen-bond acceptors (Lipinski definition) is 7. The number of amides is 1. The molecule has 8 nitrogen and oxygen atoms in total. The van der Waals surface area contributed by atoms with E-state index in [2.05, 4.69) is 10.3 Å². The molecule has 1 aliphatic rings. The molecule has 0 saturated carbocycles. The number of amidine groups is 1. The van der Waals surface area contributed by atoms with E-state index in [0.717, 1.165) is 17.8 Å². The predicted molar refractivity (Wildman–Crippen MR) is 151 cm³/mol. The molecule has 0 aliphatic carbocycles. The number of methoxy groups -OCH3 is 1. The number of aliphatic carboxylic acids is 1. The third-order valence-corrected chi connectivity index (χ3v) is 7.10. The predicted octanol–water partition coefficient (Wildman–Crippen LogP) is 6.05. The zero-order chi connectivity index (χ0) is 29.0. The van der Waals surface area contributed by atoms with Crippen LogP contribution in [0.15, 0.2) is 64.5 Å². The van der Waals surface area contributed by atoms with E-state index in [0.29, 0.717) is 24.0 Å². The Morgan fingerprint density at radius 3 is 2.48 bits per heavy atom. The maximum atomic E-state index is 15.0. The van der Waals surface area contributed by atoms with Gasteiger partial charge in [0.1, 0.15) is 11.6 Å². The highest BCUT2D eigenvalue weighted by Crippen LogP contribution is 2.33. The Kier molecular flexibility index (Phi) is 8.64. The molecular weight excluding hydrogens is 540 g/mol. The van der Waals surface area contributed by atoms with Crippen LogP contribution < -0.4 is 11.1 Å². The number of thioether (sulfide) groups is 1. The number of nitrogens with one attached hydrogen (secondary N) is 1. The van der Waals surface area contributed by atoms with E-state index in [1.54, 1.807) is 12.1 Å². The van der Waals surface area contributed by atoms with E-state index in [-0.39, 0.29) is 38.1 Å². The van der Waals surface area contributed by atoms with Gasteiger partial charge in [-0.15, -0.1) is 0 Å². The van der Waals surface area contributed by atoms with Crippen molar-refractivity contribution in [1.29, 1.82) is 0 Å². The van der Waals surface area contributed by atoms with Crippen molar-refractivity contribution >= 4 is 52.2 Å². The first-order valence-corrected chi connectivity index (χ1v) is 13.0. The first-order chi connectivity index (χ1) is 19.1. The van der Waals surface area contributed by atoms with Gasteiger partial charge >= 0.3 is 11.9 Å². The normalized spacial score (nSPS) is 14.7. The summed E-state index contributed by atoms with van der Waals surface area (Å²) in [6, 6.07) is 13.2. The minimum atomic E-state index is -1.10. The van der Waals surface area contributed by atoms with Gasteiger partial charge in [0.25, 0.3) is 5.91 Å². The summed E-state index contributed by atoms with van der Waals surface area (Å²) in [4.78, 5) is 40.0. The average molecular weight is 566 g/mol. The molecule has 0 fully saturated rings. The quantitative estimate of drug-likeness (QED) is 0.171. The zero-order valence-corrected chi connectivity index (χ0v) is 22.4. The largest absolute Gasteiger partial charge is 0.481 e. The van der Waals surface area contributed by atoms with Crippen LogP contribution in [0.5, 0.6) is 0 Å². The van der Waals surface area contributed by atoms with Gasteiger partial charge in [-0.3, -0.25) is 9.59 Å². The number of halogens is 2. The molecule has 1 unspecified atom stereocenters. The van der Waals surface area contributed by atoms with E-state index in [9.17, 15) is 23.9 Å². The van der Waals surface area contributed by atoms with Crippen molar-refractivity contribution in [2.45, 2.75) is 25.7 Å². The van der Waals surface area contributed by atoms with Crippen LogP contribution in [0.1, 0.15) is 47.2 Å². The SMILES string of the molecule is CCCC(C(=O)O)c1ccc(NC2=NC(=O)C(=Cc3ccc(-c4ccc(N)c(C(=O)OC)c4)cc3F)S2)cc1F. The van der Waals surface area contributed by atoms with Crippen molar-refractivity contribution in [3.05, 3.63) is 87.8 Å². The molecule has 3 aromatic rings. The average Bonchev–Trinajstić information content (AvgIpc) is 3.26. The maximum absolute atomic E-state index is 15.0. The molecule has 1 aliphatic heterocycles. The highest BCUT2D eigenvalue weighted by Gasteiger charge is 2.25. The first-order valence-electron chi connectivity index (χ1n) is 12.2. The minimum Gasteiger partial charge on any atom is -0.481 e. The molecule has 0 aromatic heterocycles. The number of esters is 1. The second kappa shape index (κ2) is 12.1. The second-order valence-corrected chi connectivity index (χ2v) is 9.93. The topological polar surface area (TPSA) is 131 Å². The van der Waals surface area contributed by atoms with E-state index < -0.39 is 35.4 Å². The van der Waals surface area contributed by atoms with Gasteiger partial charge in [0.15, 0.2) is 5.17 Å². The number of ether oxygens (including phenoxy) is 1. The van der Waals surface area contributed by atoms with Crippen LogP contribution in [-0.4, -0.2) is 35.2 Å². The van der Waals surface area contributed by atoms with Gasteiger partial charge in [-0.2, -0.15) is 4.99 Å². The molecule has 206 valence electrons. The van der Waals surface area contributed by atoms with Crippen LogP contribution in [0.4, 0.5) is 20.2 Å². The molecular formula is C29H25F2N3O5S. The highest BCUT2D eigenvalue weighted by molar-refractivity contribution is 8.18. The summed E-state index contributed by atoms with van der Waals surface area (Å²) in [5.74, 6) is -4.54. The monoisotopic (exact) mass is 565 g/mol. The third-order valence-electron chi connectivity index (χ3n) is 6.20. The first kappa shape index (κ1) is 28.5. The van der Waals surface area contributed by atoms with Crippen LogP contribution in [-0.2, 0) is 14.3 Å². The van der Waals surface area contributed by atoms with Crippen molar-refractivity contribution in [1.82, 2.24) is 0 Å². The van der Waals surface area contributed by atoms with Gasteiger partial charge in [0, 0.05) is 22.5 Å². The van der Waals surface area contributed by atoms with E-state index >= 15 is 4.39 Å². The molecule has 3 aromatic carbocycles. The van der Waals surface area contributed by atoms with Crippen LogP contribution in [0, 0.1) is 11.6 Å². The van der Waals surface area contributed by atoms with E-state index in [1.165, 1.54) is 49.6 Å². The number of nitrogens with two attached hydrogens (primary N) is 1. The molecule has 4 rings (SSSR count). The fraction of sp³-hybridized carbons (Fsp3) is 0.172. The lowest BCUT2D eigenvalue weighted by Gasteiger charge is -2.14. The van der Waals surface area contributed by atoms with Crippen molar-refractivity contribution < 1.29 is 33.0 Å². The lowest BCUT2D eigenvalue weighted by atomic mass is 9.94. The lowest BCUT2D eigenvalue weighted by Crippen LogP contribution is -2.13. The van der Waals surface area contributed by atoms with Crippen LogP contribution >= 0.6 is 11.8 Å². The molecule has 1 amide bonds. The fourth-order valence-electron chi connectivity index (χ4n) is 4.16. The summed E-state index contributed by atoms with van der Waals surface area (Å²) in [7, 11) is 1.24. The van der Waals surface area contributed by atoms with E-state index in [1.807, 2.05) is 6.92 Å². The maximum Gasteiger partial charge on any atom is 0.339 e. The van der Waals surface area contributed by atoms with Crippen molar-refractivity contribution in [2.24, 2.45) is 4.99 Å². The lowest BCUT2D eigenvalue weighted by molar-refractivity contribution is -0.139. The standard InChI is InChI=1S/C29H25F2N3O5S/c1-3-4-20(27(36)37)19-9-8-18(14-23(19)31)33-29-34-26(35)25(40-29)13-17-6-5-16(12-22(17)30)15-7-10-24(32)21(11-15)28(38)39-2/h5-14,20H,3-4,32H2,1-2H3,(H,36,37)(H,33,34,35). The number of hydrogen-bond donors (Lipinski definition) is 3. The number of carboxylic acid groups (broad SMARTS) is 1. The number of benzene rings is 3. The van der Waals surface area contributed by atoms with Gasteiger partial charge in [0.05, 0.1) is 23.5 Å². The number of nitrogens with zero attached hydrogens (tertiary/aromatic N) is 1. The van der Waals surface area contributed by atoms with Gasteiger partial charge in [0.2, 0.25) is 0 Å². The summed E-state index contributed by atoms with van der Waals surface area (Å²) < 4.78 is 34.4. The van der Waals surface area contributed by atoms with Gasteiger partial charge in [-0.25, -0.2) is 13.6 Å². The Labute approximate surface area is 232 Å². The summed E-state index contributed by atoms with van der Waals surface area (Å²) >= 11 is 0.958. The summed E-state index contributed by atoms with van der Waals surface area (Å²) in [6.45, 7) is 1.82. The van der Waals surface area contributed by atoms with Crippen molar-refractivity contribution in [3.63, 3.8) is 0 Å². The Hall–Kier alpha value is -4.51. The number of rotatable bonds is 8. The van der Waals surface area contributed by atoms with E-state index in [4.69, 9.17) is 10.5 Å². The molecule has 0 saturated heterocycles. The molecule has 4 N–H and O–H groups in total. The van der Waals surface area contributed by atoms with Crippen LogP contribution in [0.3, 0.4) is 0 Å². The molecule has 1 atom stereocenters. The zero-order valence-electron chi connectivity index (χ0n) is 21.5. The second-order valence-electron chi connectivity index (χ2n) is 8.90. The number of anilines is 2. The number of nitrogen functional groups attached to an aromatic ring is 1. The number of carboxylic acids is 1. The summed E-state index contributed by atoms with van der Waals surface area (Å²) in [5.41, 5.74) is 7.78. The number of carbonyl (C=O) groups is 3. The van der Waals surface area contributed by atoms with Crippen molar-refractivity contribution in [3.8, 4) is 11.1 Å². The Morgan fingerprint density at radius 2 is 1.82 bits per heavy atom. The molecule has 0 bridgehead atoms. The highest BCUT2D eigenvalue weighted by atomic mass is 32.2. The smallest absolute Gasteiger partial charge is 0.339 e. The minimum absolute atomic E-state index is 0.0805. The Balaban J connectivity index is 1.49. The van der Waals surface area contributed by atoms with Crippen molar-refractivity contribution in [2.75, 3.05) is 18.2 Å². The van der Waals surface area contributed by atoms with Crippen LogP contribution in [0.2, 0.25) is 0 Å². The molecule has 0 radical (unpaired) electrons. The Morgan fingerprint density at radius 1 is 1.10 bits per heavy atom.